The summed E-state index contributed by atoms with van der Waals surface area (Å²) in [5.41, 5.74) is 0.216. The predicted molar refractivity (Wildman–Crippen MR) is 70.0 cm³/mol. The van der Waals surface area contributed by atoms with Crippen molar-refractivity contribution < 1.29 is 9.90 Å². The molecule has 1 heterocycles. The smallest absolute Gasteiger partial charge is 0.337 e. The van der Waals surface area contributed by atoms with Gasteiger partial charge in [0.1, 0.15) is 5.82 Å². The fourth-order valence-corrected chi connectivity index (χ4v) is 1.99. The molecule has 0 amide bonds. The number of carboxylic acid groups (broad SMARTS) is 1. The Balaban J connectivity index is 1.77. The predicted octanol–water partition coefficient (Wildman–Crippen LogP) is 1.68. The molecule has 1 saturated carbocycles. The Kier molecular flexibility index (Phi) is 4.15. The highest BCUT2D eigenvalue weighted by Gasteiger charge is 2.27. The lowest BCUT2D eigenvalue weighted by atomic mass is 10.3. The molecule has 98 valence electrons. The monoisotopic (exact) mass is 249 g/mol. The molecule has 0 radical (unpaired) electrons. The minimum atomic E-state index is -0.944. The number of carboxylic acids is 1. The first-order valence-electron chi connectivity index (χ1n) is 6.38. The van der Waals surface area contributed by atoms with Crippen molar-refractivity contribution in [2.45, 2.75) is 25.8 Å². The molecular weight excluding hydrogens is 230 g/mol. The van der Waals surface area contributed by atoms with Crippen LogP contribution in [-0.2, 0) is 0 Å². The molecule has 2 N–H and O–H groups in total. The van der Waals surface area contributed by atoms with Crippen molar-refractivity contribution in [3.63, 3.8) is 0 Å². The summed E-state index contributed by atoms with van der Waals surface area (Å²) < 4.78 is 0. The standard InChI is InChI=1S/C13H19N3O2/c1-2-16(11-4-5-11)8-7-14-12-6-3-10(9-15-12)13(17)18/h3,6,9,11H,2,4-5,7-8H2,1H3,(H,14,15)(H,17,18). The van der Waals surface area contributed by atoms with Gasteiger partial charge in [0.15, 0.2) is 0 Å². The topological polar surface area (TPSA) is 65.5 Å². The van der Waals surface area contributed by atoms with Gasteiger partial charge in [-0.3, -0.25) is 4.90 Å². The van der Waals surface area contributed by atoms with Crippen LogP contribution in [0.25, 0.3) is 0 Å². The first kappa shape index (κ1) is 12.8. The summed E-state index contributed by atoms with van der Waals surface area (Å²) in [6.45, 7) is 5.10. The number of hydrogen-bond acceptors (Lipinski definition) is 4. The van der Waals surface area contributed by atoms with Crippen molar-refractivity contribution in [2.24, 2.45) is 0 Å². The lowest BCUT2D eigenvalue weighted by Crippen LogP contribution is -2.31. The molecule has 0 aliphatic heterocycles. The lowest BCUT2D eigenvalue weighted by molar-refractivity contribution is 0.0696. The molecule has 1 aromatic rings. The van der Waals surface area contributed by atoms with Crippen LogP contribution in [0.15, 0.2) is 18.3 Å². The molecule has 0 bridgehead atoms. The number of pyridine rings is 1. The second-order valence-electron chi connectivity index (χ2n) is 4.52. The highest BCUT2D eigenvalue weighted by molar-refractivity contribution is 5.87. The fourth-order valence-electron chi connectivity index (χ4n) is 1.99. The van der Waals surface area contributed by atoms with Crippen LogP contribution in [0.1, 0.15) is 30.1 Å². The molecule has 1 aliphatic carbocycles. The van der Waals surface area contributed by atoms with Gasteiger partial charge >= 0.3 is 5.97 Å². The molecule has 0 unspecified atom stereocenters. The van der Waals surface area contributed by atoms with E-state index in [4.69, 9.17) is 5.11 Å². The highest BCUT2D eigenvalue weighted by Crippen LogP contribution is 2.25. The van der Waals surface area contributed by atoms with Crippen molar-refractivity contribution in [3.8, 4) is 0 Å². The van der Waals surface area contributed by atoms with Gasteiger partial charge in [-0.2, -0.15) is 0 Å². The molecule has 1 fully saturated rings. The molecule has 18 heavy (non-hydrogen) atoms. The minimum absolute atomic E-state index is 0.216. The number of anilines is 1. The second kappa shape index (κ2) is 5.82. The first-order chi connectivity index (χ1) is 8.70. The first-order valence-corrected chi connectivity index (χ1v) is 6.38. The van der Waals surface area contributed by atoms with Crippen LogP contribution in [-0.4, -0.2) is 46.6 Å². The molecule has 0 saturated heterocycles. The number of aromatic carboxylic acids is 1. The zero-order valence-corrected chi connectivity index (χ0v) is 10.6. The van der Waals surface area contributed by atoms with Gasteiger partial charge in [-0.15, -0.1) is 0 Å². The molecule has 1 aromatic heterocycles. The van der Waals surface area contributed by atoms with Gasteiger partial charge in [0.05, 0.1) is 5.56 Å². The summed E-state index contributed by atoms with van der Waals surface area (Å²) in [5.74, 6) is -0.216. The maximum atomic E-state index is 10.7. The average Bonchev–Trinajstić information content (AvgIpc) is 3.19. The Bertz CT molecular complexity index is 401. The minimum Gasteiger partial charge on any atom is -0.478 e. The van der Waals surface area contributed by atoms with E-state index in [9.17, 15) is 4.79 Å². The Morgan fingerprint density at radius 2 is 2.33 bits per heavy atom. The van der Waals surface area contributed by atoms with Crippen LogP contribution >= 0.6 is 0 Å². The summed E-state index contributed by atoms with van der Waals surface area (Å²) in [6.07, 6.45) is 4.02. The molecule has 0 spiro atoms. The number of likely N-dealkylation sites (N-methyl/N-ethyl adjacent to an activating group) is 1. The Labute approximate surface area is 107 Å². The van der Waals surface area contributed by atoms with Crippen LogP contribution in [0.2, 0.25) is 0 Å². The van der Waals surface area contributed by atoms with E-state index in [2.05, 4.69) is 22.1 Å². The normalized spacial score (nSPS) is 14.8. The fraction of sp³-hybridized carbons (Fsp3) is 0.538. The van der Waals surface area contributed by atoms with E-state index >= 15 is 0 Å². The van der Waals surface area contributed by atoms with Crippen LogP contribution < -0.4 is 5.32 Å². The van der Waals surface area contributed by atoms with Crippen molar-refractivity contribution >= 4 is 11.8 Å². The van der Waals surface area contributed by atoms with E-state index in [0.717, 1.165) is 31.5 Å². The van der Waals surface area contributed by atoms with Crippen molar-refractivity contribution in [3.05, 3.63) is 23.9 Å². The number of rotatable bonds is 7. The zero-order chi connectivity index (χ0) is 13.0. The van der Waals surface area contributed by atoms with E-state index < -0.39 is 5.97 Å². The van der Waals surface area contributed by atoms with E-state index in [1.54, 1.807) is 12.1 Å². The zero-order valence-electron chi connectivity index (χ0n) is 10.6. The number of nitrogens with zero attached hydrogens (tertiary/aromatic N) is 2. The van der Waals surface area contributed by atoms with E-state index in [0.29, 0.717) is 0 Å². The maximum absolute atomic E-state index is 10.7. The summed E-state index contributed by atoms with van der Waals surface area (Å²) >= 11 is 0. The van der Waals surface area contributed by atoms with Crippen LogP contribution in [0.4, 0.5) is 5.82 Å². The molecule has 1 aliphatic rings. The molecule has 5 nitrogen and oxygen atoms in total. The number of carbonyl (C=O) groups is 1. The van der Waals surface area contributed by atoms with Crippen LogP contribution in [0.3, 0.4) is 0 Å². The Morgan fingerprint density at radius 1 is 1.56 bits per heavy atom. The van der Waals surface area contributed by atoms with Gasteiger partial charge in [-0.05, 0) is 31.5 Å². The quantitative estimate of drug-likeness (QED) is 0.769. The third kappa shape index (κ3) is 3.43. The number of nitrogens with one attached hydrogen (secondary N) is 1. The summed E-state index contributed by atoms with van der Waals surface area (Å²) in [4.78, 5) is 17.2. The summed E-state index contributed by atoms with van der Waals surface area (Å²) in [5, 5.41) is 12.0. The van der Waals surface area contributed by atoms with E-state index in [1.807, 2.05) is 0 Å². The van der Waals surface area contributed by atoms with E-state index in [-0.39, 0.29) is 5.56 Å². The van der Waals surface area contributed by atoms with Gasteiger partial charge in [0, 0.05) is 25.3 Å². The summed E-state index contributed by atoms with van der Waals surface area (Å²) in [7, 11) is 0. The van der Waals surface area contributed by atoms with E-state index in [1.165, 1.54) is 19.0 Å². The maximum Gasteiger partial charge on any atom is 0.337 e. The third-order valence-electron chi connectivity index (χ3n) is 3.19. The van der Waals surface area contributed by atoms with Gasteiger partial charge in [0.2, 0.25) is 0 Å². The third-order valence-corrected chi connectivity index (χ3v) is 3.19. The average molecular weight is 249 g/mol. The molecule has 5 heteroatoms. The molecule has 2 rings (SSSR count). The van der Waals surface area contributed by atoms with Crippen molar-refractivity contribution in [1.82, 2.24) is 9.88 Å². The summed E-state index contributed by atoms with van der Waals surface area (Å²) in [6, 6.07) is 4.05. The molecule has 0 atom stereocenters. The lowest BCUT2D eigenvalue weighted by Gasteiger charge is -2.19. The van der Waals surface area contributed by atoms with Crippen LogP contribution in [0.5, 0.6) is 0 Å². The highest BCUT2D eigenvalue weighted by atomic mass is 16.4. The van der Waals surface area contributed by atoms with Crippen molar-refractivity contribution in [2.75, 3.05) is 25.0 Å². The Hall–Kier alpha value is -1.62. The second-order valence-corrected chi connectivity index (χ2v) is 4.52. The van der Waals surface area contributed by atoms with Crippen LogP contribution in [0, 0.1) is 0 Å². The van der Waals surface area contributed by atoms with Gasteiger partial charge in [-0.1, -0.05) is 6.92 Å². The Morgan fingerprint density at radius 3 is 2.83 bits per heavy atom. The van der Waals surface area contributed by atoms with Gasteiger partial charge in [0.25, 0.3) is 0 Å². The number of aromatic nitrogens is 1. The van der Waals surface area contributed by atoms with Gasteiger partial charge < -0.3 is 10.4 Å². The largest absolute Gasteiger partial charge is 0.478 e. The van der Waals surface area contributed by atoms with Crippen molar-refractivity contribution in [1.29, 1.82) is 0 Å². The molecule has 0 aromatic carbocycles. The van der Waals surface area contributed by atoms with Gasteiger partial charge in [-0.25, -0.2) is 9.78 Å². The molecular formula is C13H19N3O2. The SMILES string of the molecule is CCN(CCNc1ccc(C(=O)O)cn1)C1CC1. The number of hydrogen-bond donors (Lipinski definition) is 2.